The van der Waals surface area contributed by atoms with Crippen molar-refractivity contribution in [2.45, 2.75) is 67.7 Å². The van der Waals surface area contributed by atoms with Crippen molar-refractivity contribution in [3.8, 4) is 0 Å². The summed E-state index contributed by atoms with van der Waals surface area (Å²) >= 11 is 3.17. The summed E-state index contributed by atoms with van der Waals surface area (Å²) in [5, 5.41) is 0. The van der Waals surface area contributed by atoms with E-state index in [1.165, 1.54) is 0 Å². The van der Waals surface area contributed by atoms with Gasteiger partial charge in [0, 0.05) is 4.48 Å². The molecule has 2 atom stereocenters. The molecule has 0 aromatic heterocycles. The van der Waals surface area contributed by atoms with Gasteiger partial charge in [0.2, 0.25) is 0 Å². The zero-order valence-corrected chi connectivity index (χ0v) is 15.6. The summed E-state index contributed by atoms with van der Waals surface area (Å²) in [5.74, 6) is 0.458. The van der Waals surface area contributed by atoms with Gasteiger partial charge in [0.05, 0.1) is 5.57 Å². The summed E-state index contributed by atoms with van der Waals surface area (Å²) in [5.41, 5.74) is 0.794. The number of aldehydes is 1. The monoisotopic (exact) mass is 348 g/mol. The Morgan fingerprint density at radius 2 is 1.70 bits per heavy atom. The Morgan fingerprint density at radius 3 is 2.05 bits per heavy atom. The molecule has 118 valence electrons. The first-order valence-electron chi connectivity index (χ1n) is 7.53. The number of rotatable bonds is 7. The van der Waals surface area contributed by atoms with E-state index in [9.17, 15) is 9.18 Å². The van der Waals surface area contributed by atoms with Gasteiger partial charge in [-0.3, -0.25) is 4.79 Å². The minimum Gasteiger partial charge on any atom is -0.298 e. The largest absolute Gasteiger partial charge is 0.298 e. The number of halogens is 2. The zero-order chi connectivity index (χ0) is 16.3. The van der Waals surface area contributed by atoms with Crippen LogP contribution in [0, 0.1) is 11.8 Å². The SMILES string of the molecule is CC.CCC(C)CCC(C)/C(C)=C(F)/C(C=O)=C(\C)Br. The van der Waals surface area contributed by atoms with E-state index in [1.54, 1.807) is 13.8 Å². The zero-order valence-electron chi connectivity index (χ0n) is 14.0. The van der Waals surface area contributed by atoms with Crippen LogP contribution in [0.1, 0.15) is 67.7 Å². The van der Waals surface area contributed by atoms with Crippen LogP contribution in [-0.4, -0.2) is 6.29 Å². The quantitative estimate of drug-likeness (QED) is 0.288. The van der Waals surface area contributed by atoms with Crippen molar-refractivity contribution >= 4 is 22.2 Å². The van der Waals surface area contributed by atoms with Crippen molar-refractivity contribution in [3.63, 3.8) is 0 Å². The third-order valence-corrected chi connectivity index (χ3v) is 4.03. The van der Waals surface area contributed by atoms with Gasteiger partial charge in [-0.2, -0.15) is 0 Å². The lowest BCUT2D eigenvalue weighted by Crippen LogP contribution is -2.04. The number of carbonyl (C=O) groups excluding carboxylic acids is 1. The van der Waals surface area contributed by atoms with Gasteiger partial charge in [-0.15, -0.1) is 0 Å². The third-order valence-electron chi connectivity index (χ3n) is 3.60. The highest BCUT2D eigenvalue weighted by molar-refractivity contribution is 9.11. The number of allylic oxidation sites excluding steroid dienone is 4. The molecule has 0 saturated carbocycles. The van der Waals surface area contributed by atoms with Crippen LogP contribution >= 0.6 is 15.9 Å². The molecule has 20 heavy (non-hydrogen) atoms. The lowest BCUT2D eigenvalue weighted by molar-refractivity contribution is -0.104. The Kier molecular flexibility index (Phi) is 13.5. The predicted octanol–water partition coefficient (Wildman–Crippen LogP) is 6.59. The minimum absolute atomic E-state index is 0.128. The topological polar surface area (TPSA) is 17.1 Å². The lowest BCUT2D eigenvalue weighted by atomic mass is 9.90. The predicted molar refractivity (Wildman–Crippen MR) is 90.7 cm³/mol. The van der Waals surface area contributed by atoms with Crippen LogP contribution in [0.5, 0.6) is 0 Å². The Hall–Kier alpha value is -0.440. The molecule has 0 rings (SSSR count). The fraction of sp³-hybridized carbons (Fsp3) is 0.706. The highest BCUT2D eigenvalue weighted by Gasteiger charge is 2.15. The summed E-state index contributed by atoms with van der Waals surface area (Å²) in [6.45, 7) is 13.8. The number of hydrogen-bond acceptors (Lipinski definition) is 1. The fourth-order valence-corrected chi connectivity index (χ4v) is 1.94. The molecule has 0 aliphatic rings. The maximum absolute atomic E-state index is 14.1. The van der Waals surface area contributed by atoms with Crippen LogP contribution in [0.2, 0.25) is 0 Å². The molecule has 0 saturated heterocycles. The first kappa shape index (κ1) is 21.9. The molecule has 0 aromatic rings. The van der Waals surface area contributed by atoms with Crippen LogP contribution in [0.3, 0.4) is 0 Å². The van der Waals surface area contributed by atoms with Crippen molar-refractivity contribution in [1.82, 2.24) is 0 Å². The molecule has 0 aliphatic heterocycles. The van der Waals surface area contributed by atoms with E-state index >= 15 is 0 Å². The van der Waals surface area contributed by atoms with E-state index in [0.717, 1.165) is 19.3 Å². The highest BCUT2D eigenvalue weighted by atomic mass is 79.9. The number of hydrogen-bond donors (Lipinski definition) is 0. The molecule has 1 nitrogen and oxygen atoms in total. The van der Waals surface area contributed by atoms with Crippen molar-refractivity contribution in [1.29, 1.82) is 0 Å². The molecule has 0 heterocycles. The molecule has 0 bridgehead atoms. The standard InChI is InChI=1S/C15H24BrFO.C2H6/c1-6-10(2)7-8-11(3)12(4)15(17)14(9-18)13(5)16;1-2/h9-11H,6-8H2,1-5H3;1-2H3/b14-13+,15-12-;. The third kappa shape index (κ3) is 7.98. The van der Waals surface area contributed by atoms with E-state index in [4.69, 9.17) is 0 Å². The Bertz CT molecular complexity index is 341. The summed E-state index contributed by atoms with van der Waals surface area (Å²) in [4.78, 5) is 10.9. The molecule has 2 unspecified atom stereocenters. The molecule has 3 heteroatoms. The molecule has 0 spiro atoms. The molecule has 0 aromatic carbocycles. The molecular weight excluding hydrogens is 319 g/mol. The Morgan fingerprint density at radius 1 is 1.20 bits per heavy atom. The molecule has 0 radical (unpaired) electrons. The smallest absolute Gasteiger partial charge is 0.153 e. The Balaban J connectivity index is 0. The van der Waals surface area contributed by atoms with Gasteiger partial charge >= 0.3 is 0 Å². The second-order valence-electron chi connectivity index (χ2n) is 5.05. The van der Waals surface area contributed by atoms with E-state index in [2.05, 4.69) is 29.8 Å². The van der Waals surface area contributed by atoms with Gasteiger partial charge in [-0.05, 0) is 37.7 Å². The minimum atomic E-state index is -0.379. The van der Waals surface area contributed by atoms with E-state index in [0.29, 0.717) is 22.3 Å². The molecule has 0 amide bonds. The maximum Gasteiger partial charge on any atom is 0.153 e. The molecular formula is C17H30BrFO. The van der Waals surface area contributed by atoms with E-state index in [1.807, 2.05) is 20.8 Å². The second kappa shape index (κ2) is 12.3. The first-order chi connectivity index (χ1) is 9.34. The van der Waals surface area contributed by atoms with Crippen LogP contribution < -0.4 is 0 Å². The Labute approximate surface area is 132 Å². The van der Waals surface area contributed by atoms with Gasteiger partial charge in [-0.25, -0.2) is 4.39 Å². The van der Waals surface area contributed by atoms with E-state index in [-0.39, 0.29) is 17.3 Å². The normalized spacial score (nSPS) is 16.2. The average Bonchev–Trinajstić information content (AvgIpc) is 2.45. The molecule has 0 fully saturated rings. The van der Waals surface area contributed by atoms with Crippen molar-refractivity contribution < 1.29 is 9.18 Å². The van der Waals surface area contributed by atoms with Crippen molar-refractivity contribution in [2.24, 2.45) is 11.8 Å². The van der Waals surface area contributed by atoms with Crippen LogP contribution in [0.25, 0.3) is 0 Å². The van der Waals surface area contributed by atoms with Gasteiger partial charge in [0.15, 0.2) is 6.29 Å². The van der Waals surface area contributed by atoms with Crippen molar-refractivity contribution in [2.75, 3.05) is 0 Å². The van der Waals surface area contributed by atoms with Gasteiger partial charge < -0.3 is 0 Å². The summed E-state index contributed by atoms with van der Waals surface area (Å²) in [6, 6.07) is 0. The highest BCUT2D eigenvalue weighted by Crippen LogP contribution is 2.28. The average molecular weight is 349 g/mol. The molecule has 0 N–H and O–H groups in total. The summed E-state index contributed by atoms with van der Waals surface area (Å²) in [7, 11) is 0. The molecule has 0 aliphatic carbocycles. The van der Waals surface area contributed by atoms with Crippen molar-refractivity contribution in [3.05, 3.63) is 21.5 Å². The first-order valence-corrected chi connectivity index (χ1v) is 8.32. The fourth-order valence-electron chi connectivity index (χ4n) is 1.67. The van der Waals surface area contributed by atoms with Crippen LogP contribution in [-0.2, 0) is 4.79 Å². The maximum atomic E-state index is 14.1. The van der Waals surface area contributed by atoms with Gasteiger partial charge in [0.25, 0.3) is 0 Å². The number of carbonyl (C=O) groups is 1. The summed E-state index contributed by atoms with van der Waals surface area (Å²) in [6.07, 6.45) is 3.78. The second-order valence-corrected chi connectivity index (χ2v) is 6.24. The van der Waals surface area contributed by atoms with Crippen LogP contribution in [0.15, 0.2) is 21.5 Å². The summed E-state index contributed by atoms with van der Waals surface area (Å²) < 4.78 is 14.7. The van der Waals surface area contributed by atoms with Gasteiger partial charge in [0.1, 0.15) is 5.83 Å². The lowest BCUT2D eigenvalue weighted by Gasteiger charge is -2.16. The van der Waals surface area contributed by atoms with Gasteiger partial charge in [-0.1, -0.05) is 63.4 Å². The van der Waals surface area contributed by atoms with Crippen LogP contribution in [0.4, 0.5) is 4.39 Å². The van der Waals surface area contributed by atoms with E-state index < -0.39 is 0 Å².